The topological polar surface area (TPSA) is 59.6 Å². The molecule has 0 saturated carbocycles. The molecule has 0 aliphatic carbocycles. The number of hydrogen-bond acceptors (Lipinski definition) is 3. The van der Waals surface area contributed by atoms with Crippen molar-refractivity contribution in [1.29, 1.82) is 0 Å². The van der Waals surface area contributed by atoms with E-state index in [-0.39, 0.29) is 6.03 Å². The average Bonchev–Trinajstić information content (AvgIpc) is 2.38. The lowest BCUT2D eigenvalue weighted by molar-refractivity contribution is 0.253. The summed E-state index contributed by atoms with van der Waals surface area (Å²) in [5, 5.41) is 5.30. The van der Waals surface area contributed by atoms with Crippen LogP contribution >= 0.6 is 15.9 Å². The van der Waals surface area contributed by atoms with Crippen LogP contribution in [-0.4, -0.2) is 26.8 Å². The van der Waals surface area contributed by atoms with E-state index in [4.69, 9.17) is 9.47 Å². The SMILES string of the molecule is C=CCNC(=O)Nc1cc(OC)c(OC)cc1Br. The highest BCUT2D eigenvalue weighted by Gasteiger charge is 2.11. The molecule has 0 aliphatic heterocycles. The van der Waals surface area contributed by atoms with Gasteiger partial charge < -0.3 is 20.1 Å². The van der Waals surface area contributed by atoms with Crippen LogP contribution in [0.1, 0.15) is 0 Å². The minimum Gasteiger partial charge on any atom is -0.493 e. The van der Waals surface area contributed by atoms with Crippen molar-refractivity contribution in [3.8, 4) is 11.5 Å². The molecule has 0 bridgehead atoms. The summed E-state index contributed by atoms with van der Waals surface area (Å²) >= 11 is 3.35. The Hall–Kier alpha value is -1.69. The molecule has 0 heterocycles. The Bertz CT molecular complexity index is 449. The molecular formula is C12H15BrN2O3. The molecule has 6 heteroatoms. The number of benzene rings is 1. The normalized spacial score (nSPS) is 9.50. The van der Waals surface area contributed by atoms with Gasteiger partial charge in [-0.1, -0.05) is 6.08 Å². The summed E-state index contributed by atoms with van der Waals surface area (Å²) < 4.78 is 11.0. The predicted molar refractivity (Wildman–Crippen MR) is 74.5 cm³/mol. The van der Waals surface area contributed by atoms with Gasteiger partial charge >= 0.3 is 6.03 Å². The molecule has 0 unspecified atom stereocenters. The first-order chi connectivity index (χ1) is 8.62. The van der Waals surface area contributed by atoms with E-state index in [1.807, 2.05) is 0 Å². The quantitative estimate of drug-likeness (QED) is 0.822. The van der Waals surface area contributed by atoms with Crippen molar-refractivity contribution in [2.45, 2.75) is 0 Å². The maximum Gasteiger partial charge on any atom is 0.319 e. The molecule has 0 radical (unpaired) electrons. The van der Waals surface area contributed by atoms with Crippen molar-refractivity contribution < 1.29 is 14.3 Å². The zero-order valence-corrected chi connectivity index (χ0v) is 11.8. The number of methoxy groups -OCH3 is 2. The van der Waals surface area contributed by atoms with Gasteiger partial charge in [0.25, 0.3) is 0 Å². The second kappa shape index (κ2) is 6.90. The molecular weight excluding hydrogens is 300 g/mol. The van der Waals surface area contributed by atoms with Crippen molar-refractivity contribution in [2.75, 3.05) is 26.1 Å². The van der Waals surface area contributed by atoms with E-state index in [1.54, 1.807) is 25.3 Å². The summed E-state index contributed by atoms with van der Waals surface area (Å²) in [5.74, 6) is 1.13. The maximum atomic E-state index is 11.5. The second-order valence-electron chi connectivity index (χ2n) is 3.31. The fraction of sp³-hybridized carbons (Fsp3) is 0.250. The van der Waals surface area contributed by atoms with E-state index in [0.717, 1.165) is 0 Å². The molecule has 0 spiro atoms. The van der Waals surface area contributed by atoms with Gasteiger partial charge in [-0.25, -0.2) is 4.79 Å². The van der Waals surface area contributed by atoms with Gasteiger partial charge in [0.05, 0.1) is 19.9 Å². The van der Waals surface area contributed by atoms with Crippen molar-refractivity contribution >= 4 is 27.6 Å². The molecule has 18 heavy (non-hydrogen) atoms. The van der Waals surface area contributed by atoms with Gasteiger partial charge in [0, 0.05) is 23.2 Å². The number of rotatable bonds is 5. The molecule has 0 fully saturated rings. The summed E-state index contributed by atoms with van der Waals surface area (Å²) in [6, 6.07) is 3.08. The number of carbonyl (C=O) groups excluding carboxylic acids is 1. The highest BCUT2D eigenvalue weighted by Crippen LogP contribution is 2.36. The summed E-state index contributed by atoms with van der Waals surface area (Å²) in [4.78, 5) is 11.5. The lowest BCUT2D eigenvalue weighted by Gasteiger charge is -2.13. The van der Waals surface area contributed by atoms with Crippen LogP contribution in [0.3, 0.4) is 0 Å². The third kappa shape index (κ3) is 3.66. The summed E-state index contributed by atoms with van der Waals surface area (Å²) in [6.45, 7) is 3.92. The van der Waals surface area contributed by atoms with Gasteiger partial charge in [-0.2, -0.15) is 0 Å². The van der Waals surface area contributed by atoms with Crippen molar-refractivity contribution in [3.05, 3.63) is 29.3 Å². The molecule has 2 amide bonds. The van der Waals surface area contributed by atoms with E-state index in [9.17, 15) is 4.79 Å². The van der Waals surface area contributed by atoms with E-state index in [2.05, 4.69) is 33.1 Å². The van der Waals surface area contributed by atoms with E-state index in [1.165, 1.54) is 7.11 Å². The Morgan fingerprint density at radius 3 is 2.56 bits per heavy atom. The third-order valence-electron chi connectivity index (χ3n) is 2.13. The molecule has 1 aromatic rings. The molecule has 2 N–H and O–H groups in total. The molecule has 98 valence electrons. The van der Waals surface area contributed by atoms with Crippen LogP contribution in [0.4, 0.5) is 10.5 Å². The number of halogens is 1. The Kier molecular flexibility index (Phi) is 5.51. The standard InChI is InChI=1S/C12H15BrN2O3/c1-4-5-14-12(16)15-9-7-11(18-3)10(17-2)6-8(9)13/h4,6-7H,1,5H2,2-3H3,(H2,14,15,16). The molecule has 0 aromatic heterocycles. The summed E-state index contributed by atoms with van der Waals surface area (Å²) in [5.41, 5.74) is 0.592. The zero-order chi connectivity index (χ0) is 13.5. The van der Waals surface area contributed by atoms with Crippen LogP contribution in [0.2, 0.25) is 0 Å². The number of hydrogen-bond donors (Lipinski definition) is 2. The summed E-state index contributed by atoms with van der Waals surface area (Å²) in [7, 11) is 3.08. The molecule has 0 atom stereocenters. The predicted octanol–water partition coefficient (Wildman–Crippen LogP) is 2.77. The monoisotopic (exact) mass is 314 g/mol. The minimum absolute atomic E-state index is 0.317. The van der Waals surface area contributed by atoms with Crippen LogP contribution in [0.25, 0.3) is 0 Å². The van der Waals surface area contributed by atoms with E-state index >= 15 is 0 Å². The van der Waals surface area contributed by atoms with Crippen molar-refractivity contribution in [3.63, 3.8) is 0 Å². The maximum absolute atomic E-state index is 11.5. The van der Waals surface area contributed by atoms with Gasteiger partial charge in [-0.15, -0.1) is 6.58 Å². The Balaban J connectivity index is 2.88. The Morgan fingerprint density at radius 2 is 2.00 bits per heavy atom. The Labute approximate surface area is 114 Å². The van der Waals surface area contributed by atoms with E-state index in [0.29, 0.717) is 28.2 Å². The number of carbonyl (C=O) groups is 1. The van der Waals surface area contributed by atoms with Crippen molar-refractivity contribution in [2.24, 2.45) is 0 Å². The largest absolute Gasteiger partial charge is 0.493 e. The average molecular weight is 315 g/mol. The van der Waals surface area contributed by atoms with Crippen LogP contribution in [0.5, 0.6) is 11.5 Å². The van der Waals surface area contributed by atoms with E-state index < -0.39 is 0 Å². The minimum atomic E-state index is -0.317. The number of nitrogens with one attached hydrogen (secondary N) is 2. The number of anilines is 1. The molecule has 1 aromatic carbocycles. The first-order valence-electron chi connectivity index (χ1n) is 5.19. The lowest BCUT2D eigenvalue weighted by Crippen LogP contribution is -2.28. The molecule has 0 aliphatic rings. The number of amides is 2. The van der Waals surface area contributed by atoms with Gasteiger partial charge in [0.1, 0.15) is 0 Å². The fourth-order valence-electron chi connectivity index (χ4n) is 1.28. The Morgan fingerprint density at radius 1 is 1.39 bits per heavy atom. The molecule has 1 rings (SSSR count). The van der Waals surface area contributed by atoms with Gasteiger partial charge in [0.15, 0.2) is 11.5 Å². The molecule has 0 saturated heterocycles. The van der Waals surface area contributed by atoms with Gasteiger partial charge in [-0.3, -0.25) is 0 Å². The number of urea groups is 1. The highest BCUT2D eigenvalue weighted by atomic mass is 79.9. The van der Waals surface area contributed by atoms with Gasteiger partial charge in [-0.05, 0) is 15.9 Å². The number of ether oxygens (including phenoxy) is 2. The first-order valence-corrected chi connectivity index (χ1v) is 5.99. The molecule has 5 nitrogen and oxygen atoms in total. The smallest absolute Gasteiger partial charge is 0.319 e. The van der Waals surface area contributed by atoms with Crippen molar-refractivity contribution in [1.82, 2.24) is 5.32 Å². The fourth-order valence-corrected chi connectivity index (χ4v) is 1.70. The summed E-state index contributed by atoms with van der Waals surface area (Å²) in [6.07, 6.45) is 1.60. The van der Waals surface area contributed by atoms with Crippen LogP contribution < -0.4 is 20.1 Å². The van der Waals surface area contributed by atoms with Crippen LogP contribution in [-0.2, 0) is 0 Å². The van der Waals surface area contributed by atoms with Crippen LogP contribution in [0.15, 0.2) is 29.3 Å². The third-order valence-corrected chi connectivity index (χ3v) is 2.78. The zero-order valence-electron chi connectivity index (χ0n) is 10.2. The van der Waals surface area contributed by atoms with Crippen LogP contribution in [0, 0.1) is 0 Å². The first kappa shape index (κ1) is 14.4. The van der Waals surface area contributed by atoms with Gasteiger partial charge in [0.2, 0.25) is 0 Å². The lowest BCUT2D eigenvalue weighted by atomic mass is 10.2. The second-order valence-corrected chi connectivity index (χ2v) is 4.17. The highest BCUT2D eigenvalue weighted by molar-refractivity contribution is 9.10.